The number of hydrogen-bond donors (Lipinski definition) is 2. The van der Waals surface area contributed by atoms with Gasteiger partial charge in [0.05, 0.1) is 13.2 Å². The number of carbonyl (C=O) groups excluding carboxylic acids is 3. The molecule has 1 aliphatic rings. The van der Waals surface area contributed by atoms with Gasteiger partial charge in [-0.15, -0.1) is 0 Å². The minimum Gasteiger partial charge on any atom is -0.494 e. The highest BCUT2D eigenvalue weighted by Crippen LogP contribution is 2.26. The van der Waals surface area contributed by atoms with Gasteiger partial charge in [-0.2, -0.15) is 5.10 Å². The molecule has 1 aliphatic heterocycles. The lowest BCUT2D eigenvalue weighted by Gasteiger charge is -2.40. The van der Waals surface area contributed by atoms with E-state index in [4.69, 9.17) is 4.74 Å². The number of rotatable bonds is 10. The molecule has 38 heavy (non-hydrogen) atoms. The Labute approximate surface area is 221 Å². The van der Waals surface area contributed by atoms with Crippen LogP contribution in [0.5, 0.6) is 5.75 Å². The highest BCUT2D eigenvalue weighted by Gasteiger charge is 2.46. The van der Waals surface area contributed by atoms with Crippen LogP contribution in [0.4, 0.5) is 4.39 Å². The van der Waals surface area contributed by atoms with Crippen LogP contribution in [0, 0.1) is 5.82 Å². The summed E-state index contributed by atoms with van der Waals surface area (Å²) in [6.07, 6.45) is 2.05. The Balaban J connectivity index is 1.38. The van der Waals surface area contributed by atoms with Crippen LogP contribution >= 0.6 is 0 Å². The van der Waals surface area contributed by atoms with E-state index in [0.29, 0.717) is 6.61 Å². The van der Waals surface area contributed by atoms with E-state index in [1.54, 1.807) is 26.1 Å². The first-order valence-electron chi connectivity index (χ1n) is 12.6. The lowest BCUT2D eigenvalue weighted by Crippen LogP contribution is -2.62. The van der Waals surface area contributed by atoms with Gasteiger partial charge in [-0.1, -0.05) is 37.6 Å². The van der Waals surface area contributed by atoms with Gasteiger partial charge < -0.3 is 20.3 Å². The van der Waals surface area contributed by atoms with E-state index < -0.39 is 17.4 Å². The van der Waals surface area contributed by atoms with Crippen molar-refractivity contribution in [2.45, 2.75) is 51.9 Å². The maximum Gasteiger partial charge on any atom is 0.272 e. The van der Waals surface area contributed by atoms with Crippen LogP contribution in [0.25, 0.3) is 0 Å². The van der Waals surface area contributed by atoms with E-state index in [9.17, 15) is 18.8 Å². The highest BCUT2D eigenvalue weighted by atomic mass is 19.1. The lowest BCUT2D eigenvalue weighted by atomic mass is 9.96. The molecule has 0 aliphatic carbocycles. The smallest absolute Gasteiger partial charge is 0.272 e. The van der Waals surface area contributed by atoms with Crippen molar-refractivity contribution < 1.29 is 23.5 Å². The number of fused-ring (bicyclic) bond motifs is 1. The van der Waals surface area contributed by atoms with Gasteiger partial charge in [-0.05, 0) is 48.7 Å². The van der Waals surface area contributed by atoms with Gasteiger partial charge in [-0.3, -0.25) is 19.1 Å². The van der Waals surface area contributed by atoms with Crippen LogP contribution in [0.3, 0.4) is 0 Å². The zero-order chi connectivity index (χ0) is 27.3. The topological polar surface area (TPSA) is 106 Å². The maximum absolute atomic E-state index is 13.2. The number of hydrogen-bond acceptors (Lipinski definition) is 5. The predicted octanol–water partition coefficient (Wildman–Crippen LogP) is 3.29. The van der Waals surface area contributed by atoms with Crippen LogP contribution in [0.1, 0.15) is 58.8 Å². The summed E-state index contributed by atoms with van der Waals surface area (Å²) in [4.78, 5) is 40.4. The molecule has 0 saturated carbocycles. The van der Waals surface area contributed by atoms with E-state index in [1.807, 2.05) is 24.3 Å². The van der Waals surface area contributed by atoms with Crippen LogP contribution in [-0.2, 0) is 24.4 Å². The Morgan fingerprint density at radius 3 is 2.34 bits per heavy atom. The van der Waals surface area contributed by atoms with E-state index >= 15 is 0 Å². The third-order valence-electron chi connectivity index (χ3n) is 6.73. The number of unbranched alkanes of at least 4 members (excludes halogenated alkanes) is 1. The van der Waals surface area contributed by atoms with Crippen molar-refractivity contribution >= 4 is 17.7 Å². The fourth-order valence-electron chi connectivity index (χ4n) is 4.12. The minimum absolute atomic E-state index is 0.0760. The van der Waals surface area contributed by atoms with Crippen molar-refractivity contribution in [1.29, 1.82) is 0 Å². The van der Waals surface area contributed by atoms with Crippen LogP contribution in [0.15, 0.2) is 54.6 Å². The number of halogens is 1. The maximum atomic E-state index is 13.2. The summed E-state index contributed by atoms with van der Waals surface area (Å²) in [6.45, 7) is 4.96. The second-order valence-electron chi connectivity index (χ2n) is 9.55. The van der Waals surface area contributed by atoms with Crippen molar-refractivity contribution in [2.24, 2.45) is 0 Å². The second kappa shape index (κ2) is 11.5. The number of benzene rings is 2. The molecule has 0 spiro atoms. The van der Waals surface area contributed by atoms with Crippen molar-refractivity contribution in [2.75, 3.05) is 13.7 Å². The van der Waals surface area contributed by atoms with Gasteiger partial charge in [0.15, 0.2) is 5.69 Å². The number of ether oxygens (including phenoxy) is 1. The molecule has 1 atom stereocenters. The van der Waals surface area contributed by atoms with Gasteiger partial charge in [0.25, 0.3) is 11.8 Å². The van der Waals surface area contributed by atoms with E-state index in [2.05, 4.69) is 22.7 Å². The summed E-state index contributed by atoms with van der Waals surface area (Å²) in [6, 6.07) is 14.7. The highest BCUT2D eigenvalue weighted by molar-refractivity contribution is 6.01. The summed E-state index contributed by atoms with van der Waals surface area (Å²) in [7, 11) is 1.55. The molecular weight excluding hydrogens is 489 g/mol. The Hall–Kier alpha value is -4.21. The normalized spacial score (nSPS) is 16.6. The van der Waals surface area contributed by atoms with Gasteiger partial charge in [-0.25, -0.2) is 4.39 Å². The number of nitrogens with zero attached hydrogens (tertiary/aromatic N) is 3. The lowest BCUT2D eigenvalue weighted by molar-refractivity contribution is -0.132. The van der Waals surface area contributed by atoms with Crippen LogP contribution in [-0.4, -0.2) is 51.6 Å². The average molecular weight is 522 g/mol. The van der Waals surface area contributed by atoms with E-state index in [1.165, 1.54) is 27.8 Å². The van der Waals surface area contributed by atoms with Crippen LogP contribution in [0.2, 0.25) is 0 Å². The average Bonchev–Trinajstić information content (AvgIpc) is 3.34. The predicted molar refractivity (Wildman–Crippen MR) is 139 cm³/mol. The SMILES string of the molecule is CCCCOc1ccc(CNC(=O)c2cc3n(n2)CC(C)(C(=O)NCc2ccc(F)cc2)N(C)C3=O)cc1. The molecule has 1 unspecified atom stereocenters. The molecule has 9 nitrogen and oxygen atoms in total. The fraction of sp³-hybridized carbons (Fsp3) is 0.357. The molecule has 1 aromatic heterocycles. The second-order valence-corrected chi connectivity index (χ2v) is 9.55. The quantitative estimate of drug-likeness (QED) is 0.399. The molecule has 0 radical (unpaired) electrons. The Morgan fingerprint density at radius 1 is 1.05 bits per heavy atom. The first-order chi connectivity index (χ1) is 18.2. The summed E-state index contributed by atoms with van der Waals surface area (Å²) in [5.74, 6) is -0.801. The molecule has 2 aromatic carbocycles. The molecule has 0 saturated heterocycles. The number of nitrogens with one attached hydrogen (secondary N) is 2. The molecule has 4 rings (SSSR count). The summed E-state index contributed by atoms with van der Waals surface area (Å²) in [5.41, 5.74) is 0.717. The number of likely N-dealkylation sites (N-methyl/N-ethyl adjacent to an activating group) is 1. The number of carbonyl (C=O) groups is 3. The zero-order valence-electron chi connectivity index (χ0n) is 21.8. The molecular formula is C28H32FN5O4. The standard InChI is InChI=1S/C28H32FN5O4/c1-4-5-14-38-22-12-8-20(9-13-22)16-30-25(35)23-15-24-26(36)33(3)28(2,18-34(24)32-23)27(37)31-17-19-6-10-21(29)11-7-19/h6-13,15H,4-5,14,16-18H2,1-3H3,(H,30,35)(H,31,37). The molecule has 0 fully saturated rings. The molecule has 10 heteroatoms. The monoisotopic (exact) mass is 521 g/mol. The first kappa shape index (κ1) is 26.8. The molecule has 0 bridgehead atoms. The third-order valence-corrected chi connectivity index (χ3v) is 6.73. The summed E-state index contributed by atoms with van der Waals surface area (Å²) < 4.78 is 20.2. The summed E-state index contributed by atoms with van der Waals surface area (Å²) in [5, 5.41) is 9.96. The molecule has 2 heterocycles. The van der Waals surface area contributed by atoms with Crippen molar-refractivity contribution in [3.63, 3.8) is 0 Å². The third kappa shape index (κ3) is 5.85. The van der Waals surface area contributed by atoms with Gasteiger partial charge in [0.1, 0.15) is 22.8 Å². The van der Waals surface area contributed by atoms with Gasteiger partial charge in [0.2, 0.25) is 5.91 Å². The summed E-state index contributed by atoms with van der Waals surface area (Å²) >= 11 is 0. The Bertz CT molecular complexity index is 1310. The van der Waals surface area contributed by atoms with E-state index in [-0.39, 0.29) is 42.7 Å². The number of amides is 3. The van der Waals surface area contributed by atoms with Crippen molar-refractivity contribution in [3.05, 3.63) is 82.9 Å². The fourth-order valence-corrected chi connectivity index (χ4v) is 4.12. The molecule has 3 amide bonds. The first-order valence-corrected chi connectivity index (χ1v) is 12.6. The molecule has 200 valence electrons. The zero-order valence-corrected chi connectivity index (χ0v) is 21.8. The van der Waals surface area contributed by atoms with Crippen molar-refractivity contribution in [1.82, 2.24) is 25.3 Å². The Kier molecular flexibility index (Phi) is 8.09. The Morgan fingerprint density at radius 2 is 1.68 bits per heavy atom. The molecule has 3 aromatic rings. The van der Waals surface area contributed by atoms with Gasteiger partial charge in [0, 0.05) is 26.2 Å². The van der Waals surface area contributed by atoms with Crippen LogP contribution < -0.4 is 15.4 Å². The van der Waals surface area contributed by atoms with Crippen molar-refractivity contribution in [3.8, 4) is 5.75 Å². The van der Waals surface area contributed by atoms with E-state index in [0.717, 1.165) is 29.7 Å². The van der Waals surface area contributed by atoms with Gasteiger partial charge >= 0.3 is 0 Å². The minimum atomic E-state index is -1.23. The largest absolute Gasteiger partial charge is 0.494 e. The molecule has 2 N–H and O–H groups in total. The number of aromatic nitrogens is 2.